The number of hydrogen-bond acceptors (Lipinski definition) is 4. The zero-order valence-corrected chi connectivity index (χ0v) is 10.3. The zero-order valence-electron chi connectivity index (χ0n) is 10.3. The number of rotatable bonds is 4. The molecule has 1 aromatic rings. The number of nitro groups is 1. The van der Waals surface area contributed by atoms with Crippen LogP contribution in [0.4, 0.5) is 11.4 Å². The first-order valence-electron chi connectivity index (χ1n) is 6.42. The molecule has 1 aliphatic rings. The van der Waals surface area contributed by atoms with Crippen molar-refractivity contribution in [3.05, 3.63) is 34.4 Å². The lowest BCUT2D eigenvalue weighted by Gasteiger charge is -2.31. The summed E-state index contributed by atoms with van der Waals surface area (Å²) in [5, 5.41) is 14.3. The summed E-state index contributed by atoms with van der Waals surface area (Å²) in [4.78, 5) is 10.6. The SMILES string of the molecule is NCC1CCCCC1Nc1ccccc1[N+](=O)[O-]. The van der Waals surface area contributed by atoms with Crippen molar-refractivity contribution in [2.75, 3.05) is 11.9 Å². The minimum atomic E-state index is -0.345. The molecule has 18 heavy (non-hydrogen) atoms. The van der Waals surface area contributed by atoms with Gasteiger partial charge in [0.15, 0.2) is 0 Å². The molecule has 0 radical (unpaired) electrons. The smallest absolute Gasteiger partial charge is 0.292 e. The van der Waals surface area contributed by atoms with Crippen LogP contribution in [0.5, 0.6) is 0 Å². The predicted molar refractivity (Wildman–Crippen MR) is 71.5 cm³/mol. The Bertz CT molecular complexity index is 422. The molecule has 5 heteroatoms. The normalized spacial score (nSPS) is 23.6. The number of nitrogens with two attached hydrogens (primary N) is 1. The number of anilines is 1. The van der Waals surface area contributed by atoms with Crippen molar-refractivity contribution < 1.29 is 4.92 Å². The lowest BCUT2D eigenvalue weighted by molar-refractivity contribution is -0.384. The minimum absolute atomic E-state index is 0.138. The van der Waals surface area contributed by atoms with E-state index in [1.54, 1.807) is 12.1 Å². The van der Waals surface area contributed by atoms with Crippen LogP contribution in [0.1, 0.15) is 25.7 Å². The highest BCUT2D eigenvalue weighted by Gasteiger charge is 2.25. The molecule has 5 nitrogen and oxygen atoms in total. The molecule has 0 bridgehead atoms. The van der Waals surface area contributed by atoms with Crippen molar-refractivity contribution in [2.24, 2.45) is 11.7 Å². The van der Waals surface area contributed by atoms with Crippen LogP contribution < -0.4 is 11.1 Å². The van der Waals surface area contributed by atoms with Gasteiger partial charge in [-0.25, -0.2) is 0 Å². The second-order valence-corrected chi connectivity index (χ2v) is 4.81. The van der Waals surface area contributed by atoms with Crippen LogP contribution in [0.25, 0.3) is 0 Å². The van der Waals surface area contributed by atoms with E-state index < -0.39 is 0 Å². The summed E-state index contributed by atoms with van der Waals surface area (Å²) in [5.41, 5.74) is 6.51. The summed E-state index contributed by atoms with van der Waals surface area (Å²) in [6.45, 7) is 0.637. The average Bonchev–Trinajstić information content (AvgIpc) is 2.40. The maximum atomic E-state index is 11.0. The van der Waals surface area contributed by atoms with E-state index in [-0.39, 0.29) is 16.7 Å². The summed E-state index contributed by atoms with van der Waals surface area (Å²) < 4.78 is 0. The van der Waals surface area contributed by atoms with Gasteiger partial charge >= 0.3 is 0 Å². The molecule has 0 aliphatic heterocycles. The molecule has 1 aliphatic carbocycles. The zero-order chi connectivity index (χ0) is 13.0. The van der Waals surface area contributed by atoms with Gasteiger partial charge in [-0.15, -0.1) is 0 Å². The van der Waals surface area contributed by atoms with Crippen molar-refractivity contribution in [3.63, 3.8) is 0 Å². The quantitative estimate of drug-likeness (QED) is 0.634. The maximum Gasteiger partial charge on any atom is 0.292 e. The van der Waals surface area contributed by atoms with Gasteiger partial charge in [-0.05, 0) is 31.4 Å². The Hall–Kier alpha value is -1.62. The molecule has 0 heterocycles. The monoisotopic (exact) mass is 249 g/mol. The molecule has 2 rings (SSSR count). The molecule has 1 aromatic carbocycles. The summed E-state index contributed by atoms with van der Waals surface area (Å²) in [7, 11) is 0. The van der Waals surface area contributed by atoms with E-state index in [1.165, 1.54) is 12.5 Å². The fourth-order valence-electron chi connectivity index (χ4n) is 2.63. The summed E-state index contributed by atoms with van der Waals surface area (Å²) >= 11 is 0. The topological polar surface area (TPSA) is 81.2 Å². The minimum Gasteiger partial charge on any atom is -0.376 e. The van der Waals surface area contributed by atoms with Crippen LogP contribution in [0.15, 0.2) is 24.3 Å². The first-order chi connectivity index (χ1) is 8.72. The number of nitrogens with zero attached hydrogens (tertiary/aromatic N) is 1. The second-order valence-electron chi connectivity index (χ2n) is 4.81. The van der Waals surface area contributed by atoms with Crippen LogP contribution in [-0.4, -0.2) is 17.5 Å². The van der Waals surface area contributed by atoms with Gasteiger partial charge in [0.25, 0.3) is 5.69 Å². The van der Waals surface area contributed by atoms with Gasteiger partial charge in [0.1, 0.15) is 5.69 Å². The lowest BCUT2D eigenvalue weighted by Crippen LogP contribution is -2.36. The first kappa shape index (κ1) is 12.8. The van der Waals surface area contributed by atoms with E-state index >= 15 is 0 Å². The average molecular weight is 249 g/mol. The summed E-state index contributed by atoms with van der Waals surface area (Å²) in [6.07, 6.45) is 4.51. The number of benzene rings is 1. The van der Waals surface area contributed by atoms with E-state index in [0.717, 1.165) is 19.3 Å². The molecular formula is C13H19N3O2. The van der Waals surface area contributed by atoms with Crippen LogP contribution in [0.2, 0.25) is 0 Å². The van der Waals surface area contributed by atoms with Crippen molar-refractivity contribution in [2.45, 2.75) is 31.7 Å². The molecule has 0 amide bonds. The molecule has 0 aromatic heterocycles. The highest BCUT2D eigenvalue weighted by atomic mass is 16.6. The molecule has 2 atom stereocenters. The number of hydrogen-bond donors (Lipinski definition) is 2. The largest absolute Gasteiger partial charge is 0.376 e. The third kappa shape index (κ3) is 2.79. The molecule has 2 unspecified atom stereocenters. The first-order valence-corrected chi connectivity index (χ1v) is 6.42. The van der Waals surface area contributed by atoms with E-state index in [9.17, 15) is 10.1 Å². The van der Waals surface area contributed by atoms with E-state index in [4.69, 9.17) is 5.73 Å². The molecule has 0 spiro atoms. The standard InChI is InChI=1S/C13H19N3O2/c14-9-10-5-1-2-6-11(10)15-12-7-3-4-8-13(12)16(17)18/h3-4,7-8,10-11,15H,1-2,5-6,9,14H2. The van der Waals surface area contributed by atoms with Gasteiger partial charge < -0.3 is 11.1 Å². The summed E-state index contributed by atoms with van der Waals surface area (Å²) in [6, 6.07) is 7.05. The Labute approximate surface area is 107 Å². The Balaban J connectivity index is 2.15. The Morgan fingerprint density at radius 1 is 1.33 bits per heavy atom. The van der Waals surface area contributed by atoms with Crippen LogP contribution in [0, 0.1) is 16.0 Å². The second kappa shape index (κ2) is 5.82. The fraction of sp³-hybridized carbons (Fsp3) is 0.538. The van der Waals surface area contributed by atoms with Crippen molar-refractivity contribution in [3.8, 4) is 0 Å². The van der Waals surface area contributed by atoms with Gasteiger partial charge in [0, 0.05) is 12.1 Å². The van der Waals surface area contributed by atoms with Gasteiger partial charge in [0.05, 0.1) is 4.92 Å². The van der Waals surface area contributed by atoms with E-state index in [1.807, 2.05) is 6.07 Å². The van der Waals surface area contributed by atoms with Crippen molar-refractivity contribution in [1.29, 1.82) is 0 Å². The summed E-state index contributed by atoms with van der Waals surface area (Å²) in [5.74, 6) is 0.415. The van der Waals surface area contributed by atoms with Gasteiger partial charge in [-0.1, -0.05) is 25.0 Å². The van der Waals surface area contributed by atoms with Crippen molar-refractivity contribution in [1.82, 2.24) is 0 Å². The molecule has 0 saturated heterocycles. The number of para-hydroxylation sites is 2. The number of nitrogens with one attached hydrogen (secondary N) is 1. The molecule has 3 N–H and O–H groups in total. The third-order valence-electron chi connectivity index (χ3n) is 3.65. The van der Waals surface area contributed by atoms with Crippen molar-refractivity contribution >= 4 is 11.4 Å². The van der Waals surface area contributed by atoms with E-state index in [0.29, 0.717) is 18.2 Å². The molecular weight excluding hydrogens is 230 g/mol. The maximum absolute atomic E-state index is 11.0. The van der Waals surface area contributed by atoms with Gasteiger partial charge in [-0.3, -0.25) is 10.1 Å². The molecule has 1 saturated carbocycles. The molecule has 98 valence electrons. The predicted octanol–water partition coefficient (Wildman–Crippen LogP) is 2.52. The fourth-order valence-corrected chi connectivity index (χ4v) is 2.63. The lowest BCUT2D eigenvalue weighted by atomic mass is 9.84. The highest BCUT2D eigenvalue weighted by Crippen LogP contribution is 2.30. The van der Waals surface area contributed by atoms with Crippen LogP contribution in [-0.2, 0) is 0 Å². The highest BCUT2D eigenvalue weighted by molar-refractivity contribution is 5.61. The number of nitro benzene ring substituents is 1. The molecule has 1 fully saturated rings. The van der Waals surface area contributed by atoms with E-state index in [2.05, 4.69) is 5.32 Å². The Kier molecular flexibility index (Phi) is 4.15. The third-order valence-corrected chi connectivity index (χ3v) is 3.65. The van der Waals surface area contributed by atoms with Gasteiger partial charge in [-0.2, -0.15) is 0 Å². The van der Waals surface area contributed by atoms with Crippen LogP contribution in [0.3, 0.4) is 0 Å². The van der Waals surface area contributed by atoms with Crippen LogP contribution >= 0.6 is 0 Å². The Morgan fingerprint density at radius 2 is 2.06 bits per heavy atom. The Morgan fingerprint density at radius 3 is 2.78 bits per heavy atom. The van der Waals surface area contributed by atoms with Gasteiger partial charge in [0.2, 0.25) is 0 Å².